The number of hydrogen-bond donors (Lipinski definition) is 1. The lowest BCUT2D eigenvalue weighted by Crippen LogP contribution is -1.93. The van der Waals surface area contributed by atoms with E-state index in [-0.39, 0.29) is 0 Å². The van der Waals surface area contributed by atoms with E-state index in [2.05, 4.69) is 51.4 Å². The smallest absolute Gasteiger partial charge is 0.0370 e. The SMILES string of the molecule is C=C.CC.CC.CNc1cc(C)c(C)cc1C. The van der Waals surface area contributed by atoms with E-state index in [0.29, 0.717) is 0 Å². The number of hydrogen-bond acceptors (Lipinski definition) is 1. The molecule has 1 aromatic rings. The Balaban J connectivity index is -0.000000285. The summed E-state index contributed by atoms with van der Waals surface area (Å²) < 4.78 is 0. The van der Waals surface area contributed by atoms with Crippen LogP contribution in [0.2, 0.25) is 0 Å². The van der Waals surface area contributed by atoms with Crippen LogP contribution in [0.15, 0.2) is 25.3 Å². The Morgan fingerprint density at radius 3 is 1.47 bits per heavy atom. The maximum atomic E-state index is 3.16. The molecule has 0 fully saturated rings. The number of benzene rings is 1. The maximum Gasteiger partial charge on any atom is 0.0370 e. The average Bonchev–Trinajstić information content (AvgIpc) is 2.41. The molecule has 1 heteroatoms. The van der Waals surface area contributed by atoms with Gasteiger partial charge < -0.3 is 5.32 Å². The molecule has 100 valence electrons. The molecule has 1 aromatic carbocycles. The minimum atomic E-state index is 1.23. The van der Waals surface area contributed by atoms with Crippen molar-refractivity contribution in [3.63, 3.8) is 0 Å². The summed E-state index contributed by atoms with van der Waals surface area (Å²) in [6.07, 6.45) is 0. The lowest BCUT2D eigenvalue weighted by molar-refractivity contribution is 1.28. The van der Waals surface area contributed by atoms with E-state index in [0.717, 1.165) is 0 Å². The summed E-state index contributed by atoms with van der Waals surface area (Å²) in [5, 5.41) is 3.16. The van der Waals surface area contributed by atoms with Crippen LogP contribution in [-0.2, 0) is 0 Å². The van der Waals surface area contributed by atoms with Gasteiger partial charge in [-0.15, -0.1) is 13.2 Å². The monoisotopic (exact) mass is 237 g/mol. The van der Waals surface area contributed by atoms with Crippen LogP contribution in [0, 0.1) is 20.8 Å². The Morgan fingerprint density at radius 1 is 0.765 bits per heavy atom. The molecule has 0 saturated carbocycles. The van der Waals surface area contributed by atoms with E-state index in [1.165, 1.54) is 22.4 Å². The van der Waals surface area contributed by atoms with Gasteiger partial charge in [-0.2, -0.15) is 0 Å². The van der Waals surface area contributed by atoms with Crippen molar-refractivity contribution in [3.8, 4) is 0 Å². The second-order valence-electron chi connectivity index (χ2n) is 3.00. The van der Waals surface area contributed by atoms with Crippen LogP contribution >= 0.6 is 0 Å². The van der Waals surface area contributed by atoms with Crippen molar-refractivity contribution in [2.75, 3.05) is 12.4 Å². The van der Waals surface area contributed by atoms with Gasteiger partial charge in [0, 0.05) is 12.7 Å². The first kappa shape index (κ1) is 21.1. The lowest BCUT2D eigenvalue weighted by Gasteiger charge is -2.08. The molecule has 0 aliphatic heterocycles. The fourth-order valence-corrected chi connectivity index (χ4v) is 1.23. The van der Waals surface area contributed by atoms with Crippen LogP contribution in [-0.4, -0.2) is 7.05 Å². The molecular weight excluding hydrogens is 206 g/mol. The molecule has 0 bridgehead atoms. The van der Waals surface area contributed by atoms with Crippen LogP contribution in [0.1, 0.15) is 44.4 Å². The van der Waals surface area contributed by atoms with E-state index in [4.69, 9.17) is 0 Å². The summed E-state index contributed by atoms with van der Waals surface area (Å²) in [5.41, 5.74) is 5.25. The van der Waals surface area contributed by atoms with E-state index >= 15 is 0 Å². The summed E-state index contributed by atoms with van der Waals surface area (Å²) in [6, 6.07) is 4.39. The zero-order chi connectivity index (χ0) is 14.4. The Kier molecular flexibility index (Phi) is 18.3. The summed E-state index contributed by atoms with van der Waals surface area (Å²) in [4.78, 5) is 0. The van der Waals surface area contributed by atoms with Gasteiger partial charge in [-0.25, -0.2) is 0 Å². The van der Waals surface area contributed by atoms with Gasteiger partial charge in [0.1, 0.15) is 0 Å². The number of aryl methyl sites for hydroxylation is 3. The summed E-state index contributed by atoms with van der Waals surface area (Å²) in [6.45, 7) is 20.4. The second kappa shape index (κ2) is 14.8. The highest BCUT2D eigenvalue weighted by atomic mass is 14.8. The highest BCUT2D eigenvalue weighted by Gasteiger charge is 1.98. The standard InChI is InChI=1S/C10H15N.2C2H6.C2H4/c1-7-5-9(3)10(11-4)6-8(7)2;3*1-2/h5-6,11H,1-4H3;2*1-2H3;1-2H2. The normalized spacial score (nSPS) is 7.29. The van der Waals surface area contributed by atoms with Crippen molar-refractivity contribution in [2.45, 2.75) is 48.5 Å². The fraction of sp³-hybridized carbons (Fsp3) is 0.500. The molecule has 0 amide bonds. The third-order valence-electron chi connectivity index (χ3n) is 2.11. The lowest BCUT2D eigenvalue weighted by atomic mass is 10.1. The zero-order valence-corrected chi connectivity index (χ0v) is 13.1. The Morgan fingerprint density at radius 2 is 1.12 bits per heavy atom. The van der Waals surface area contributed by atoms with Crippen LogP contribution < -0.4 is 5.32 Å². The minimum absolute atomic E-state index is 1.23. The van der Waals surface area contributed by atoms with Crippen LogP contribution in [0.5, 0.6) is 0 Å². The first-order valence-corrected chi connectivity index (χ1v) is 6.40. The third kappa shape index (κ3) is 8.56. The average molecular weight is 237 g/mol. The van der Waals surface area contributed by atoms with Crippen LogP contribution in [0.3, 0.4) is 0 Å². The van der Waals surface area contributed by atoms with Gasteiger partial charge in [-0.3, -0.25) is 0 Å². The molecule has 17 heavy (non-hydrogen) atoms. The van der Waals surface area contributed by atoms with Gasteiger partial charge in [-0.1, -0.05) is 33.8 Å². The molecule has 0 spiro atoms. The van der Waals surface area contributed by atoms with Crippen molar-refractivity contribution in [3.05, 3.63) is 42.0 Å². The van der Waals surface area contributed by atoms with Gasteiger partial charge in [0.2, 0.25) is 0 Å². The van der Waals surface area contributed by atoms with Crippen molar-refractivity contribution in [1.29, 1.82) is 0 Å². The van der Waals surface area contributed by atoms with E-state index in [1.807, 2.05) is 34.7 Å². The Bertz CT molecular complexity index is 277. The largest absolute Gasteiger partial charge is 0.388 e. The van der Waals surface area contributed by atoms with Gasteiger partial charge in [0.25, 0.3) is 0 Å². The number of nitrogens with one attached hydrogen (secondary N) is 1. The molecule has 1 rings (SSSR count). The Hall–Kier alpha value is -1.24. The molecule has 0 aromatic heterocycles. The third-order valence-corrected chi connectivity index (χ3v) is 2.11. The molecular formula is C16H31N. The maximum absolute atomic E-state index is 3.16. The van der Waals surface area contributed by atoms with Crippen LogP contribution in [0.4, 0.5) is 5.69 Å². The molecule has 1 nitrogen and oxygen atoms in total. The van der Waals surface area contributed by atoms with Crippen molar-refractivity contribution in [2.24, 2.45) is 0 Å². The molecule has 0 unspecified atom stereocenters. The summed E-state index contributed by atoms with van der Waals surface area (Å²) >= 11 is 0. The summed E-state index contributed by atoms with van der Waals surface area (Å²) in [5.74, 6) is 0. The van der Waals surface area contributed by atoms with Crippen molar-refractivity contribution < 1.29 is 0 Å². The number of rotatable bonds is 1. The van der Waals surface area contributed by atoms with E-state index in [9.17, 15) is 0 Å². The van der Waals surface area contributed by atoms with E-state index < -0.39 is 0 Å². The molecule has 0 saturated heterocycles. The predicted octanol–water partition coefficient (Wildman–Crippen LogP) is 5.51. The minimum Gasteiger partial charge on any atom is -0.388 e. The molecule has 0 aliphatic rings. The number of anilines is 1. The molecule has 0 atom stereocenters. The zero-order valence-electron chi connectivity index (χ0n) is 13.1. The van der Waals surface area contributed by atoms with Crippen molar-refractivity contribution >= 4 is 5.69 Å². The molecule has 0 heterocycles. The highest BCUT2D eigenvalue weighted by molar-refractivity contribution is 5.54. The Labute approximate surface area is 109 Å². The van der Waals surface area contributed by atoms with Gasteiger partial charge in [-0.05, 0) is 43.5 Å². The summed E-state index contributed by atoms with van der Waals surface area (Å²) in [7, 11) is 1.96. The fourth-order valence-electron chi connectivity index (χ4n) is 1.23. The quantitative estimate of drug-likeness (QED) is 0.635. The molecule has 0 aliphatic carbocycles. The first-order chi connectivity index (χ1) is 8.15. The first-order valence-electron chi connectivity index (χ1n) is 6.40. The van der Waals surface area contributed by atoms with Gasteiger partial charge in [0.15, 0.2) is 0 Å². The second-order valence-corrected chi connectivity index (χ2v) is 3.00. The molecule has 0 radical (unpaired) electrons. The van der Waals surface area contributed by atoms with Crippen molar-refractivity contribution in [1.82, 2.24) is 0 Å². The topological polar surface area (TPSA) is 12.0 Å². The van der Waals surface area contributed by atoms with Gasteiger partial charge in [0.05, 0.1) is 0 Å². The highest BCUT2D eigenvalue weighted by Crippen LogP contribution is 2.18. The predicted molar refractivity (Wildman–Crippen MR) is 84.1 cm³/mol. The van der Waals surface area contributed by atoms with Gasteiger partial charge >= 0.3 is 0 Å². The molecule has 1 N–H and O–H groups in total. The van der Waals surface area contributed by atoms with E-state index in [1.54, 1.807) is 0 Å². The van der Waals surface area contributed by atoms with Crippen LogP contribution in [0.25, 0.3) is 0 Å².